The molecule has 1 aliphatic heterocycles. The van der Waals surface area contributed by atoms with Gasteiger partial charge in [0.2, 0.25) is 0 Å². The van der Waals surface area contributed by atoms with Crippen molar-refractivity contribution in [2.24, 2.45) is 0 Å². The number of hydrazine groups is 1. The molecule has 1 unspecified atom stereocenters. The molecule has 1 heterocycles. The molecule has 1 aromatic carbocycles. The Kier molecular flexibility index (Phi) is 3.54. The van der Waals surface area contributed by atoms with Gasteiger partial charge >= 0.3 is 0 Å². The van der Waals surface area contributed by atoms with Gasteiger partial charge in [-0.1, -0.05) is 29.9 Å². The molecule has 0 saturated carbocycles. The lowest BCUT2D eigenvalue weighted by Crippen LogP contribution is -2.41. The largest absolute Gasteiger partial charge is 0.362 e. The fourth-order valence-electron chi connectivity index (χ4n) is 1.73. The number of allylic oxidation sites excluding steroid dienone is 2. The summed E-state index contributed by atoms with van der Waals surface area (Å²) in [7, 11) is 0. The van der Waals surface area contributed by atoms with E-state index in [9.17, 15) is 0 Å². The lowest BCUT2D eigenvalue weighted by Gasteiger charge is -2.26. The standard InChI is InChI=1S/C12H14ClN3S/c1-8-9(2)16(12(7-17)14-8)15-11-5-3-4-10(13)6-11/h3-7,12,14-15H,1-2H3. The second-order valence-corrected chi connectivity index (χ2v) is 4.64. The summed E-state index contributed by atoms with van der Waals surface area (Å²) in [6.45, 7) is 4.07. The second kappa shape index (κ2) is 4.94. The maximum atomic E-state index is 5.95. The van der Waals surface area contributed by atoms with Crippen molar-refractivity contribution in [2.75, 3.05) is 5.43 Å². The number of hydrogen-bond donors (Lipinski definition) is 2. The van der Waals surface area contributed by atoms with E-state index in [0.29, 0.717) is 5.02 Å². The molecule has 0 amide bonds. The first kappa shape index (κ1) is 12.2. The first-order chi connectivity index (χ1) is 8.11. The molecule has 90 valence electrons. The van der Waals surface area contributed by atoms with Crippen molar-refractivity contribution in [3.05, 3.63) is 40.7 Å². The number of benzene rings is 1. The van der Waals surface area contributed by atoms with Crippen LogP contribution in [0.15, 0.2) is 35.7 Å². The van der Waals surface area contributed by atoms with Crippen LogP contribution in [0.2, 0.25) is 5.02 Å². The number of nitrogens with zero attached hydrogens (tertiary/aromatic N) is 1. The third kappa shape index (κ3) is 2.53. The number of anilines is 1. The van der Waals surface area contributed by atoms with Crippen LogP contribution < -0.4 is 10.7 Å². The van der Waals surface area contributed by atoms with Crippen LogP contribution in [-0.4, -0.2) is 16.5 Å². The molecule has 0 radical (unpaired) electrons. The summed E-state index contributed by atoms with van der Waals surface area (Å²) in [6.07, 6.45) is -0.0102. The highest BCUT2D eigenvalue weighted by atomic mass is 35.5. The zero-order valence-corrected chi connectivity index (χ0v) is 11.3. The minimum absolute atomic E-state index is 0.0102. The molecule has 5 heteroatoms. The SMILES string of the molecule is CC1=C(C)N(Nc2cccc(Cl)c2)C(C=S)N1. The van der Waals surface area contributed by atoms with Gasteiger partial charge in [-0.2, -0.15) is 0 Å². The summed E-state index contributed by atoms with van der Waals surface area (Å²) in [6, 6.07) is 7.60. The maximum Gasteiger partial charge on any atom is 0.147 e. The van der Waals surface area contributed by atoms with Gasteiger partial charge < -0.3 is 5.32 Å². The monoisotopic (exact) mass is 267 g/mol. The zero-order valence-electron chi connectivity index (χ0n) is 9.70. The Bertz CT molecular complexity index is 473. The van der Waals surface area contributed by atoms with Gasteiger partial charge in [-0.25, -0.2) is 0 Å². The van der Waals surface area contributed by atoms with E-state index in [1.807, 2.05) is 43.1 Å². The molecule has 0 bridgehead atoms. The molecule has 0 spiro atoms. The van der Waals surface area contributed by atoms with Crippen LogP contribution in [0, 0.1) is 0 Å². The van der Waals surface area contributed by atoms with Gasteiger partial charge in [-0.15, -0.1) is 0 Å². The smallest absolute Gasteiger partial charge is 0.147 e. The number of halogens is 1. The van der Waals surface area contributed by atoms with E-state index < -0.39 is 0 Å². The first-order valence-electron chi connectivity index (χ1n) is 5.32. The zero-order chi connectivity index (χ0) is 12.4. The fourth-order valence-corrected chi connectivity index (χ4v) is 2.11. The minimum Gasteiger partial charge on any atom is -0.362 e. The van der Waals surface area contributed by atoms with Gasteiger partial charge in [0.1, 0.15) is 6.17 Å². The van der Waals surface area contributed by atoms with Crippen LogP contribution in [-0.2, 0) is 0 Å². The molecule has 1 aromatic rings. The highest BCUT2D eigenvalue weighted by Crippen LogP contribution is 2.22. The highest BCUT2D eigenvalue weighted by molar-refractivity contribution is 7.79. The van der Waals surface area contributed by atoms with Gasteiger partial charge in [0.05, 0.1) is 11.4 Å². The first-order valence-corrected chi connectivity index (χ1v) is 6.17. The average molecular weight is 268 g/mol. The molecule has 0 aliphatic carbocycles. The predicted octanol–water partition coefficient (Wildman–Crippen LogP) is 3.15. The van der Waals surface area contributed by atoms with Crippen LogP contribution in [0.25, 0.3) is 0 Å². The Balaban J connectivity index is 2.20. The topological polar surface area (TPSA) is 27.3 Å². The summed E-state index contributed by atoms with van der Waals surface area (Å²) >= 11 is 11.0. The summed E-state index contributed by atoms with van der Waals surface area (Å²) in [4.78, 5) is 0. The minimum atomic E-state index is -0.0102. The van der Waals surface area contributed by atoms with E-state index in [-0.39, 0.29) is 6.17 Å². The lowest BCUT2D eigenvalue weighted by molar-refractivity contribution is 0.386. The van der Waals surface area contributed by atoms with E-state index in [4.69, 9.17) is 23.8 Å². The molecule has 17 heavy (non-hydrogen) atoms. The average Bonchev–Trinajstić information content (AvgIpc) is 2.57. The van der Waals surface area contributed by atoms with E-state index in [0.717, 1.165) is 17.1 Å². The number of thiocarbonyl (C=S) groups is 1. The Morgan fingerprint density at radius 1 is 1.47 bits per heavy atom. The molecule has 0 fully saturated rings. The second-order valence-electron chi connectivity index (χ2n) is 3.93. The van der Waals surface area contributed by atoms with Crippen LogP contribution in [0.5, 0.6) is 0 Å². The highest BCUT2D eigenvalue weighted by Gasteiger charge is 2.24. The molecular formula is C12H14ClN3S. The molecule has 2 rings (SSSR count). The Morgan fingerprint density at radius 3 is 2.88 bits per heavy atom. The Morgan fingerprint density at radius 2 is 2.24 bits per heavy atom. The molecule has 1 atom stereocenters. The third-order valence-electron chi connectivity index (χ3n) is 2.75. The van der Waals surface area contributed by atoms with Gasteiger partial charge in [0.15, 0.2) is 0 Å². The number of rotatable bonds is 3. The van der Waals surface area contributed by atoms with E-state index in [1.54, 1.807) is 5.37 Å². The summed E-state index contributed by atoms with van der Waals surface area (Å²) in [5, 5.41) is 7.68. The van der Waals surface area contributed by atoms with Crippen molar-refractivity contribution in [1.29, 1.82) is 0 Å². The van der Waals surface area contributed by atoms with Gasteiger partial charge in [0, 0.05) is 16.1 Å². The normalized spacial score (nSPS) is 19.2. The lowest BCUT2D eigenvalue weighted by atomic mass is 10.3. The quantitative estimate of drug-likeness (QED) is 0.823. The predicted molar refractivity (Wildman–Crippen MR) is 75.9 cm³/mol. The summed E-state index contributed by atoms with van der Waals surface area (Å²) in [5.41, 5.74) is 6.47. The van der Waals surface area contributed by atoms with Crippen molar-refractivity contribution in [1.82, 2.24) is 10.3 Å². The van der Waals surface area contributed by atoms with Gasteiger partial charge in [0.25, 0.3) is 0 Å². The molecule has 2 N–H and O–H groups in total. The number of hydrogen-bond acceptors (Lipinski definition) is 4. The molecule has 3 nitrogen and oxygen atoms in total. The van der Waals surface area contributed by atoms with Gasteiger partial charge in [-0.3, -0.25) is 10.4 Å². The van der Waals surface area contributed by atoms with Gasteiger partial charge in [-0.05, 0) is 32.0 Å². The van der Waals surface area contributed by atoms with Crippen LogP contribution in [0.1, 0.15) is 13.8 Å². The molecular weight excluding hydrogens is 254 g/mol. The summed E-state index contributed by atoms with van der Waals surface area (Å²) in [5.74, 6) is 0. The Hall–Kier alpha value is -1.26. The van der Waals surface area contributed by atoms with E-state index >= 15 is 0 Å². The van der Waals surface area contributed by atoms with Crippen LogP contribution in [0.3, 0.4) is 0 Å². The van der Waals surface area contributed by atoms with Crippen molar-refractivity contribution in [2.45, 2.75) is 20.0 Å². The Labute approximate surface area is 111 Å². The van der Waals surface area contributed by atoms with E-state index in [2.05, 4.69) is 10.7 Å². The molecule has 1 aliphatic rings. The van der Waals surface area contributed by atoms with Crippen LogP contribution in [0.4, 0.5) is 5.69 Å². The third-order valence-corrected chi connectivity index (χ3v) is 3.24. The maximum absolute atomic E-state index is 5.95. The van der Waals surface area contributed by atoms with Crippen molar-refractivity contribution < 1.29 is 0 Å². The number of nitrogens with one attached hydrogen (secondary N) is 2. The van der Waals surface area contributed by atoms with E-state index in [1.165, 1.54) is 0 Å². The molecule has 0 aromatic heterocycles. The summed E-state index contributed by atoms with van der Waals surface area (Å²) < 4.78 is 0. The van der Waals surface area contributed by atoms with Crippen molar-refractivity contribution >= 4 is 34.9 Å². The molecule has 0 saturated heterocycles. The van der Waals surface area contributed by atoms with Crippen molar-refractivity contribution in [3.8, 4) is 0 Å². The van der Waals surface area contributed by atoms with Crippen LogP contribution >= 0.6 is 23.8 Å². The fraction of sp³-hybridized carbons (Fsp3) is 0.250. The van der Waals surface area contributed by atoms with Crippen molar-refractivity contribution in [3.63, 3.8) is 0 Å².